The number of nitrogens with one attached hydrogen (secondary N) is 1. The molecule has 2 heterocycles. The van der Waals surface area contributed by atoms with Crippen molar-refractivity contribution in [2.45, 2.75) is 32.5 Å². The van der Waals surface area contributed by atoms with E-state index in [2.05, 4.69) is 51.4 Å². The molecule has 2 nitrogen and oxygen atoms in total. The molecule has 1 aliphatic heterocycles. The van der Waals surface area contributed by atoms with Crippen LogP contribution >= 0.6 is 27.3 Å². The SMILES string of the molecule is CC1NCCN(Cc2cc(Br)cs2)C1C. The number of halogens is 1. The summed E-state index contributed by atoms with van der Waals surface area (Å²) in [5, 5.41) is 5.66. The van der Waals surface area contributed by atoms with E-state index in [0.29, 0.717) is 12.1 Å². The molecule has 1 aromatic rings. The average Bonchev–Trinajstić information content (AvgIpc) is 2.59. The third kappa shape index (κ3) is 2.81. The lowest BCUT2D eigenvalue weighted by molar-refractivity contribution is 0.132. The molecule has 0 spiro atoms. The topological polar surface area (TPSA) is 15.3 Å². The standard InChI is InChI=1S/C11H17BrN2S/c1-8-9(2)14(4-3-13-8)6-11-5-10(12)7-15-11/h5,7-9,13H,3-4,6H2,1-2H3. The van der Waals surface area contributed by atoms with E-state index in [4.69, 9.17) is 0 Å². The largest absolute Gasteiger partial charge is 0.311 e. The van der Waals surface area contributed by atoms with E-state index in [9.17, 15) is 0 Å². The Morgan fingerprint density at radius 1 is 1.60 bits per heavy atom. The zero-order chi connectivity index (χ0) is 10.8. The molecular weight excluding hydrogens is 272 g/mol. The highest BCUT2D eigenvalue weighted by atomic mass is 79.9. The van der Waals surface area contributed by atoms with Crippen molar-refractivity contribution in [3.05, 3.63) is 20.8 Å². The van der Waals surface area contributed by atoms with Crippen molar-refractivity contribution in [2.75, 3.05) is 13.1 Å². The summed E-state index contributed by atoms with van der Waals surface area (Å²) >= 11 is 5.34. The van der Waals surface area contributed by atoms with Crippen LogP contribution in [0.3, 0.4) is 0 Å². The Balaban J connectivity index is 1.99. The van der Waals surface area contributed by atoms with E-state index in [1.165, 1.54) is 9.35 Å². The summed E-state index contributed by atoms with van der Waals surface area (Å²) in [7, 11) is 0. The number of rotatable bonds is 2. The molecule has 0 aliphatic carbocycles. The van der Waals surface area contributed by atoms with Gasteiger partial charge in [0.15, 0.2) is 0 Å². The van der Waals surface area contributed by atoms with E-state index >= 15 is 0 Å². The quantitative estimate of drug-likeness (QED) is 0.900. The van der Waals surface area contributed by atoms with Gasteiger partial charge in [0.2, 0.25) is 0 Å². The van der Waals surface area contributed by atoms with Gasteiger partial charge >= 0.3 is 0 Å². The van der Waals surface area contributed by atoms with Crippen LogP contribution in [-0.4, -0.2) is 30.1 Å². The Hall–Kier alpha value is 0.1000. The van der Waals surface area contributed by atoms with Gasteiger partial charge in [0, 0.05) is 46.4 Å². The Bertz CT molecular complexity index is 326. The van der Waals surface area contributed by atoms with Gasteiger partial charge in [0.05, 0.1) is 0 Å². The third-order valence-corrected chi connectivity index (χ3v) is 4.83. The number of piperazine rings is 1. The minimum Gasteiger partial charge on any atom is -0.311 e. The summed E-state index contributed by atoms with van der Waals surface area (Å²) < 4.78 is 1.21. The lowest BCUT2D eigenvalue weighted by Gasteiger charge is -2.38. The lowest BCUT2D eigenvalue weighted by atomic mass is 10.1. The number of hydrogen-bond donors (Lipinski definition) is 1. The number of thiophene rings is 1. The van der Waals surface area contributed by atoms with Crippen LogP contribution in [0.15, 0.2) is 15.9 Å². The van der Waals surface area contributed by atoms with Crippen molar-refractivity contribution in [2.24, 2.45) is 0 Å². The smallest absolute Gasteiger partial charge is 0.0332 e. The molecule has 1 saturated heterocycles. The van der Waals surface area contributed by atoms with Crippen molar-refractivity contribution in [1.29, 1.82) is 0 Å². The van der Waals surface area contributed by atoms with Crippen LogP contribution < -0.4 is 5.32 Å². The van der Waals surface area contributed by atoms with Gasteiger partial charge in [-0.15, -0.1) is 11.3 Å². The van der Waals surface area contributed by atoms with Crippen molar-refractivity contribution in [3.63, 3.8) is 0 Å². The monoisotopic (exact) mass is 288 g/mol. The molecule has 2 atom stereocenters. The predicted molar refractivity (Wildman–Crippen MR) is 69.4 cm³/mol. The normalized spacial score (nSPS) is 28.2. The van der Waals surface area contributed by atoms with Gasteiger partial charge in [0.1, 0.15) is 0 Å². The van der Waals surface area contributed by atoms with E-state index in [1.807, 2.05) is 11.3 Å². The first-order valence-corrected chi connectivity index (χ1v) is 7.04. The van der Waals surface area contributed by atoms with Gasteiger partial charge in [0.25, 0.3) is 0 Å². The second-order valence-corrected chi connectivity index (χ2v) is 6.10. The highest BCUT2D eigenvalue weighted by Crippen LogP contribution is 2.22. The van der Waals surface area contributed by atoms with Crippen LogP contribution in [0.1, 0.15) is 18.7 Å². The van der Waals surface area contributed by atoms with Gasteiger partial charge in [-0.2, -0.15) is 0 Å². The molecular formula is C11H17BrN2S. The van der Waals surface area contributed by atoms with Gasteiger partial charge in [-0.1, -0.05) is 0 Å². The van der Waals surface area contributed by atoms with Gasteiger partial charge in [-0.3, -0.25) is 4.90 Å². The minimum absolute atomic E-state index is 0.599. The van der Waals surface area contributed by atoms with Crippen LogP contribution in [0, 0.1) is 0 Å². The first-order chi connectivity index (χ1) is 7.16. The van der Waals surface area contributed by atoms with Crippen molar-refractivity contribution >= 4 is 27.3 Å². The zero-order valence-corrected chi connectivity index (χ0v) is 11.6. The summed E-state index contributed by atoms with van der Waals surface area (Å²) in [6.07, 6.45) is 0. The lowest BCUT2D eigenvalue weighted by Crippen LogP contribution is -2.54. The summed E-state index contributed by atoms with van der Waals surface area (Å²) in [6, 6.07) is 3.45. The van der Waals surface area contributed by atoms with Crippen molar-refractivity contribution in [3.8, 4) is 0 Å². The first kappa shape index (κ1) is 11.6. The molecule has 1 aliphatic rings. The molecule has 0 radical (unpaired) electrons. The highest BCUT2D eigenvalue weighted by molar-refractivity contribution is 9.10. The third-order valence-electron chi connectivity index (χ3n) is 3.15. The summed E-state index contributed by atoms with van der Waals surface area (Å²) in [4.78, 5) is 4.00. The highest BCUT2D eigenvalue weighted by Gasteiger charge is 2.24. The first-order valence-electron chi connectivity index (χ1n) is 5.37. The maximum absolute atomic E-state index is 3.51. The van der Waals surface area contributed by atoms with Crippen LogP contribution in [0.25, 0.3) is 0 Å². The van der Waals surface area contributed by atoms with Crippen molar-refractivity contribution < 1.29 is 0 Å². The van der Waals surface area contributed by atoms with Gasteiger partial charge in [-0.25, -0.2) is 0 Å². The van der Waals surface area contributed by atoms with E-state index in [1.54, 1.807) is 0 Å². The van der Waals surface area contributed by atoms with Crippen molar-refractivity contribution in [1.82, 2.24) is 10.2 Å². The Morgan fingerprint density at radius 2 is 2.40 bits per heavy atom. The molecule has 84 valence electrons. The molecule has 1 aromatic heterocycles. The van der Waals surface area contributed by atoms with Crippen LogP contribution in [0.5, 0.6) is 0 Å². The molecule has 1 fully saturated rings. The van der Waals surface area contributed by atoms with Crippen LogP contribution in [-0.2, 0) is 6.54 Å². The fourth-order valence-corrected chi connectivity index (χ4v) is 3.46. The molecule has 2 unspecified atom stereocenters. The maximum Gasteiger partial charge on any atom is 0.0332 e. The van der Waals surface area contributed by atoms with E-state index in [0.717, 1.165) is 19.6 Å². The molecule has 2 rings (SSSR count). The fraction of sp³-hybridized carbons (Fsp3) is 0.636. The summed E-state index contributed by atoms with van der Waals surface area (Å²) in [5.41, 5.74) is 0. The van der Waals surface area contributed by atoms with Gasteiger partial charge < -0.3 is 5.32 Å². The molecule has 15 heavy (non-hydrogen) atoms. The Labute approximate surface area is 104 Å². The summed E-state index contributed by atoms with van der Waals surface area (Å²) in [6.45, 7) is 7.92. The minimum atomic E-state index is 0.599. The number of nitrogens with zero attached hydrogens (tertiary/aromatic N) is 1. The molecule has 0 amide bonds. The molecule has 0 aromatic carbocycles. The van der Waals surface area contributed by atoms with E-state index in [-0.39, 0.29) is 0 Å². The molecule has 0 saturated carbocycles. The number of hydrogen-bond acceptors (Lipinski definition) is 3. The second kappa shape index (κ2) is 4.95. The predicted octanol–water partition coefficient (Wildman–Crippen LogP) is 2.69. The van der Waals surface area contributed by atoms with E-state index < -0.39 is 0 Å². The Morgan fingerprint density at radius 3 is 3.07 bits per heavy atom. The Kier molecular flexibility index (Phi) is 3.83. The molecule has 1 N–H and O–H groups in total. The molecule has 0 bridgehead atoms. The van der Waals surface area contributed by atoms with Crippen LogP contribution in [0.2, 0.25) is 0 Å². The fourth-order valence-electron chi connectivity index (χ4n) is 1.99. The maximum atomic E-state index is 3.51. The second-order valence-electron chi connectivity index (χ2n) is 4.19. The molecule has 4 heteroatoms. The average molecular weight is 289 g/mol. The van der Waals surface area contributed by atoms with Gasteiger partial charge in [-0.05, 0) is 35.8 Å². The zero-order valence-electron chi connectivity index (χ0n) is 9.16. The van der Waals surface area contributed by atoms with Crippen LogP contribution in [0.4, 0.5) is 0 Å². The summed E-state index contributed by atoms with van der Waals surface area (Å²) in [5.74, 6) is 0.